The number of hydrogen-bond donors (Lipinski definition) is 2. The molecule has 202 valence electrons. The lowest BCUT2D eigenvalue weighted by atomic mass is 10.1. The van der Waals surface area contributed by atoms with E-state index in [0.717, 1.165) is 28.0 Å². The van der Waals surface area contributed by atoms with Gasteiger partial charge in [0.25, 0.3) is 15.9 Å². The Morgan fingerprint density at radius 1 is 1.11 bits per heavy atom. The number of methoxy groups -OCH3 is 2. The lowest BCUT2D eigenvalue weighted by Gasteiger charge is -2.24. The number of amides is 1. The number of ether oxygens (including phenoxy) is 2. The van der Waals surface area contributed by atoms with Gasteiger partial charge in [-0.25, -0.2) is 8.42 Å². The van der Waals surface area contributed by atoms with E-state index in [4.69, 9.17) is 9.47 Å². The van der Waals surface area contributed by atoms with Gasteiger partial charge in [-0.05, 0) is 41.6 Å². The van der Waals surface area contributed by atoms with Crippen LogP contribution in [0.4, 0.5) is 5.69 Å². The summed E-state index contributed by atoms with van der Waals surface area (Å²) >= 11 is 2.80. The molecular formula is C27H31N3O5S3. The smallest absolute Gasteiger partial charge is 0.273 e. The molecule has 2 heterocycles. The largest absolute Gasteiger partial charge is 0.355 e. The molecule has 0 fully saturated rings. The molecule has 0 spiro atoms. The summed E-state index contributed by atoms with van der Waals surface area (Å²) in [6, 6.07) is 18.7. The molecule has 11 heteroatoms. The number of aryl methyl sites for hydroxylation is 1. The van der Waals surface area contributed by atoms with Gasteiger partial charge in [0.2, 0.25) is 0 Å². The molecule has 38 heavy (non-hydrogen) atoms. The number of aromatic amines is 1. The van der Waals surface area contributed by atoms with E-state index in [9.17, 15) is 13.2 Å². The van der Waals surface area contributed by atoms with E-state index >= 15 is 0 Å². The van der Waals surface area contributed by atoms with Gasteiger partial charge in [0.1, 0.15) is 9.90 Å². The average Bonchev–Trinajstić information content (AvgIpc) is 3.63. The Labute approximate surface area is 231 Å². The molecule has 4 aromatic rings. The van der Waals surface area contributed by atoms with Crippen LogP contribution in [0.2, 0.25) is 0 Å². The molecule has 4 rings (SSSR count). The van der Waals surface area contributed by atoms with Gasteiger partial charge in [0.15, 0.2) is 6.29 Å². The third-order valence-corrected chi connectivity index (χ3v) is 10.7. The predicted octanol–water partition coefficient (Wildman–Crippen LogP) is 5.01. The molecule has 1 atom stereocenters. The van der Waals surface area contributed by atoms with Gasteiger partial charge in [-0.2, -0.15) is 0 Å². The highest BCUT2D eigenvalue weighted by Gasteiger charge is 2.26. The van der Waals surface area contributed by atoms with Gasteiger partial charge in [0, 0.05) is 39.0 Å². The summed E-state index contributed by atoms with van der Waals surface area (Å²) < 4.78 is 38.8. The standard InChI is InChI=1S/C27H31N3O5S3/c1-18-12-13-22(30(2)38(32,33)24-11-8-14-36-24)25-20(18)15-21(29-25)26(31)28-16-23(27(34-3)35-4)37-17-19-9-6-5-7-10-19/h5-15,23,27,29H,16-17H2,1-4H3,(H,28,31). The van der Waals surface area contributed by atoms with Crippen LogP contribution in [0.25, 0.3) is 10.9 Å². The second-order valence-corrected chi connectivity index (χ2v) is 13.0. The van der Waals surface area contributed by atoms with Crippen molar-refractivity contribution < 1.29 is 22.7 Å². The fraction of sp³-hybridized carbons (Fsp3) is 0.296. The Kier molecular flexibility index (Phi) is 9.16. The number of hydrogen-bond acceptors (Lipinski definition) is 7. The van der Waals surface area contributed by atoms with Crippen LogP contribution in [0.15, 0.2) is 70.3 Å². The number of benzene rings is 2. The molecule has 1 amide bonds. The first-order valence-corrected chi connectivity index (χ1v) is 15.3. The number of nitrogens with one attached hydrogen (secondary N) is 2. The van der Waals surface area contributed by atoms with Crippen LogP contribution in [0.1, 0.15) is 21.6 Å². The highest BCUT2D eigenvalue weighted by Crippen LogP contribution is 2.33. The maximum atomic E-state index is 13.2. The first-order valence-electron chi connectivity index (χ1n) is 11.9. The zero-order valence-electron chi connectivity index (χ0n) is 21.6. The second-order valence-electron chi connectivity index (χ2n) is 8.66. The number of carbonyl (C=O) groups is 1. The molecule has 1 unspecified atom stereocenters. The minimum absolute atomic E-state index is 0.155. The Morgan fingerprint density at radius 3 is 2.50 bits per heavy atom. The van der Waals surface area contributed by atoms with E-state index in [2.05, 4.69) is 22.4 Å². The Balaban J connectivity index is 1.54. The average molecular weight is 574 g/mol. The number of aromatic nitrogens is 1. The highest BCUT2D eigenvalue weighted by molar-refractivity contribution is 7.99. The van der Waals surface area contributed by atoms with E-state index in [-0.39, 0.29) is 15.4 Å². The number of sulfonamides is 1. The Morgan fingerprint density at radius 2 is 1.84 bits per heavy atom. The lowest BCUT2D eigenvalue weighted by molar-refractivity contribution is -0.101. The fourth-order valence-electron chi connectivity index (χ4n) is 4.10. The minimum atomic E-state index is -3.73. The van der Waals surface area contributed by atoms with E-state index in [0.29, 0.717) is 23.4 Å². The SMILES string of the molecule is COC(OC)C(CNC(=O)c1cc2c(C)ccc(N(C)S(=O)(=O)c3cccs3)c2[nH]1)SCc1ccccc1. The summed E-state index contributed by atoms with van der Waals surface area (Å²) in [6.45, 7) is 2.24. The molecule has 0 saturated heterocycles. The molecule has 0 saturated carbocycles. The first-order chi connectivity index (χ1) is 18.3. The number of carbonyl (C=O) groups excluding carboxylic acids is 1. The normalized spacial score (nSPS) is 12.7. The van der Waals surface area contributed by atoms with Crippen molar-refractivity contribution >= 4 is 55.6 Å². The van der Waals surface area contributed by atoms with Crippen LogP contribution >= 0.6 is 23.1 Å². The van der Waals surface area contributed by atoms with Crippen LogP contribution in [-0.2, 0) is 25.2 Å². The van der Waals surface area contributed by atoms with Gasteiger partial charge < -0.3 is 19.8 Å². The van der Waals surface area contributed by atoms with Gasteiger partial charge in [-0.1, -0.05) is 42.5 Å². The summed E-state index contributed by atoms with van der Waals surface area (Å²) in [5.41, 5.74) is 3.49. The van der Waals surface area contributed by atoms with Crippen molar-refractivity contribution in [3.05, 3.63) is 82.9 Å². The number of thioether (sulfide) groups is 1. The summed E-state index contributed by atoms with van der Waals surface area (Å²) in [4.78, 5) is 16.4. The van der Waals surface area contributed by atoms with Crippen molar-refractivity contribution in [3.63, 3.8) is 0 Å². The van der Waals surface area contributed by atoms with Crippen LogP contribution < -0.4 is 9.62 Å². The molecule has 0 bridgehead atoms. The van der Waals surface area contributed by atoms with Crippen LogP contribution in [0.3, 0.4) is 0 Å². The number of H-pyrrole nitrogens is 1. The van der Waals surface area contributed by atoms with Gasteiger partial charge >= 0.3 is 0 Å². The van der Waals surface area contributed by atoms with E-state index < -0.39 is 16.3 Å². The molecular weight excluding hydrogens is 543 g/mol. The third-order valence-electron chi connectivity index (χ3n) is 6.22. The summed E-state index contributed by atoms with van der Waals surface area (Å²) in [5, 5.41) is 5.34. The molecule has 0 aliphatic rings. The number of thiophene rings is 1. The van der Waals surface area contributed by atoms with Gasteiger partial charge in [-0.15, -0.1) is 23.1 Å². The monoisotopic (exact) mass is 573 g/mol. The number of nitrogens with zero attached hydrogens (tertiary/aromatic N) is 1. The maximum Gasteiger partial charge on any atom is 0.273 e. The van der Waals surface area contributed by atoms with Crippen LogP contribution in [0.5, 0.6) is 0 Å². The van der Waals surface area contributed by atoms with Crippen molar-refractivity contribution in [2.45, 2.75) is 28.4 Å². The van der Waals surface area contributed by atoms with Gasteiger partial charge in [0.05, 0.1) is 16.5 Å². The zero-order chi connectivity index (χ0) is 27.3. The van der Waals surface area contributed by atoms with Crippen molar-refractivity contribution in [1.29, 1.82) is 0 Å². The molecule has 2 aromatic carbocycles. The van der Waals surface area contributed by atoms with Gasteiger partial charge in [-0.3, -0.25) is 9.10 Å². The van der Waals surface area contributed by atoms with E-state index in [1.807, 2.05) is 31.2 Å². The Hall–Kier alpha value is -2.83. The fourth-order valence-corrected chi connectivity index (χ4v) is 7.65. The molecule has 0 aliphatic heterocycles. The minimum Gasteiger partial charge on any atom is -0.355 e. The van der Waals surface area contributed by atoms with E-state index in [1.165, 1.54) is 16.9 Å². The first kappa shape index (κ1) is 28.2. The van der Waals surface area contributed by atoms with Crippen molar-refractivity contribution in [2.24, 2.45) is 0 Å². The quantitative estimate of drug-likeness (QED) is 0.231. The molecule has 0 radical (unpaired) electrons. The topological polar surface area (TPSA) is 101 Å². The molecule has 2 aromatic heterocycles. The van der Waals surface area contributed by atoms with Crippen LogP contribution in [-0.4, -0.2) is 58.7 Å². The number of rotatable bonds is 12. The number of anilines is 1. The van der Waals surface area contributed by atoms with E-state index in [1.54, 1.807) is 55.6 Å². The van der Waals surface area contributed by atoms with Crippen molar-refractivity contribution in [3.8, 4) is 0 Å². The molecule has 8 nitrogen and oxygen atoms in total. The molecule has 0 aliphatic carbocycles. The second kappa shape index (κ2) is 12.4. The predicted molar refractivity (Wildman–Crippen MR) is 155 cm³/mol. The Bertz CT molecular complexity index is 1470. The highest BCUT2D eigenvalue weighted by atomic mass is 32.2. The molecule has 2 N–H and O–H groups in total. The number of fused-ring (bicyclic) bond motifs is 1. The van der Waals surface area contributed by atoms with Crippen LogP contribution in [0, 0.1) is 6.92 Å². The zero-order valence-corrected chi connectivity index (χ0v) is 24.1. The maximum absolute atomic E-state index is 13.2. The van der Waals surface area contributed by atoms with Crippen molar-refractivity contribution in [2.75, 3.05) is 32.1 Å². The third kappa shape index (κ3) is 6.08. The van der Waals surface area contributed by atoms with Crippen molar-refractivity contribution in [1.82, 2.24) is 10.3 Å². The summed E-state index contributed by atoms with van der Waals surface area (Å²) in [5.74, 6) is 0.441. The lowest BCUT2D eigenvalue weighted by Crippen LogP contribution is -2.39. The summed E-state index contributed by atoms with van der Waals surface area (Å²) in [6.07, 6.45) is -0.503. The summed E-state index contributed by atoms with van der Waals surface area (Å²) in [7, 11) is 0.945.